The van der Waals surface area contributed by atoms with Crippen LogP contribution in [0.5, 0.6) is 0 Å². The van der Waals surface area contributed by atoms with Crippen LogP contribution < -0.4 is 10.6 Å². The molecular weight excluding hydrogens is 347 g/mol. The van der Waals surface area contributed by atoms with E-state index in [0.29, 0.717) is 0 Å². The van der Waals surface area contributed by atoms with Crippen molar-refractivity contribution in [1.82, 2.24) is 5.32 Å². The number of aliphatic carboxylic acids is 1. The standard InChI is InChI=1S/C12H15IN2O3/c1-12(2,11(17)18)14-7-10(16)15-9-6-4-3-5-8(9)13/h3-6,14H,7H2,1-2H3,(H,15,16)(H,17,18). The highest BCUT2D eigenvalue weighted by atomic mass is 127. The third-order valence-corrected chi connectivity index (χ3v) is 3.31. The molecule has 0 heterocycles. The summed E-state index contributed by atoms with van der Waals surface area (Å²) < 4.78 is 0.931. The monoisotopic (exact) mass is 362 g/mol. The highest BCUT2D eigenvalue weighted by molar-refractivity contribution is 14.1. The van der Waals surface area contributed by atoms with Gasteiger partial charge >= 0.3 is 5.97 Å². The van der Waals surface area contributed by atoms with Crippen LogP contribution >= 0.6 is 22.6 Å². The Morgan fingerprint density at radius 3 is 2.50 bits per heavy atom. The fraction of sp³-hybridized carbons (Fsp3) is 0.333. The molecule has 1 rings (SSSR count). The van der Waals surface area contributed by atoms with E-state index >= 15 is 0 Å². The normalized spacial score (nSPS) is 11.1. The Morgan fingerprint density at radius 1 is 1.33 bits per heavy atom. The lowest BCUT2D eigenvalue weighted by atomic mass is 10.1. The van der Waals surface area contributed by atoms with Gasteiger partial charge in [0.2, 0.25) is 5.91 Å². The van der Waals surface area contributed by atoms with Crippen molar-refractivity contribution < 1.29 is 14.7 Å². The number of rotatable bonds is 5. The van der Waals surface area contributed by atoms with Gasteiger partial charge in [-0.05, 0) is 48.6 Å². The molecule has 0 aromatic heterocycles. The predicted molar refractivity (Wildman–Crippen MR) is 77.5 cm³/mol. The second-order valence-electron chi connectivity index (χ2n) is 4.31. The molecule has 1 aromatic carbocycles. The SMILES string of the molecule is CC(C)(NCC(=O)Nc1ccccc1I)C(=O)O. The molecule has 0 radical (unpaired) electrons. The van der Waals surface area contributed by atoms with Gasteiger partial charge < -0.3 is 10.4 Å². The summed E-state index contributed by atoms with van der Waals surface area (Å²) in [5.41, 5.74) is -0.403. The zero-order valence-electron chi connectivity index (χ0n) is 10.2. The Balaban J connectivity index is 2.54. The minimum absolute atomic E-state index is 0.0513. The maximum atomic E-state index is 11.7. The van der Waals surface area contributed by atoms with Gasteiger partial charge in [-0.2, -0.15) is 0 Å². The number of carbonyl (C=O) groups excluding carboxylic acids is 1. The molecule has 0 aliphatic rings. The zero-order valence-corrected chi connectivity index (χ0v) is 12.3. The number of hydrogen-bond acceptors (Lipinski definition) is 3. The van der Waals surface area contributed by atoms with Crippen molar-refractivity contribution in [3.05, 3.63) is 27.8 Å². The van der Waals surface area contributed by atoms with Crippen molar-refractivity contribution >= 4 is 40.2 Å². The molecule has 0 spiro atoms. The summed E-state index contributed by atoms with van der Waals surface area (Å²) in [6.07, 6.45) is 0. The molecule has 0 bridgehead atoms. The van der Waals surface area contributed by atoms with E-state index in [1.54, 1.807) is 6.07 Å². The molecule has 0 aliphatic carbocycles. The average Bonchev–Trinajstić information content (AvgIpc) is 2.29. The lowest BCUT2D eigenvalue weighted by Gasteiger charge is -2.20. The summed E-state index contributed by atoms with van der Waals surface area (Å²) in [6.45, 7) is 2.97. The molecule has 0 aliphatic heterocycles. The molecule has 0 saturated heterocycles. The molecule has 0 atom stereocenters. The highest BCUT2D eigenvalue weighted by Crippen LogP contribution is 2.16. The molecule has 1 aromatic rings. The number of nitrogens with one attached hydrogen (secondary N) is 2. The van der Waals surface area contributed by atoms with Gasteiger partial charge in [0.1, 0.15) is 5.54 Å². The highest BCUT2D eigenvalue weighted by Gasteiger charge is 2.26. The van der Waals surface area contributed by atoms with Crippen LogP contribution in [0.1, 0.15) is 13.8 Å². The van der Waals surface area contributed by atoms with E-state index in [9.17, 15) is 9.59 Å². The number of carboxylic acids is 1. The van der Waals surface area contributed by atoms with Gasteiger partial charge in [0.05, 0.1) is 12.2 Å². The smallest absolute Gasteiger partial charge is 0.323 e. The first kappa shape index (κ1) is 14.9. The van der Waals surface area contributed by atoms with Crippen LogP contribution in [0.4, 0.5) is 5.69 Å². The van der Waals surface area contributed by atoms with Crippen LogP contribution in [0.3, 0.4) is 0 Å². The topological polar surface area (TPSA) is 78.4 Å². The van der Waals surface area contributed by atoms with Gasteiger partial charge in [-0.25, -0.2) is 0 Å². The van der Waals surface area contributed by atoms with E-state index in [1.165, 1.54) is 13.8 Å². The van der Waals surface area contributed by atoms with Crippen molar-refractivity contribution in [3.63, 3.8) is 0 Å². The largest absolute Gasteiger partial charge is 0.480 e. The molecule has 1 amide bonds. The number of anilines is 1. The van der Waals surface area contributed by atoms with Crippen LogP contribution in [-0.4, -0.2) is 29.1 Å². The lowest BCUT2D eigenvalue weighted by molar-refractivity contribution is -0.143. The Hall–Kier alpha value is -1.15. The summed E-state index contributed by atoms with van der Waals surface area (Å²) >= 11 is 2.12. The van der Waals surface area contributed by atoms with E-state index in [0.717, 1.165) is 9.26 Å². The molecule has 6 heteroatoms. The summed E-state index contributed by atoms with van der Waals surface area (Å²) in [5.74, 6) is -1.27. The number of hydrogen-bond donors (Lipinski definition) is 3. The van der Waals surface area contributed by atoms with Gasteiger partial charge in [0.25, 0.3) is 0 Å². The summed E-state index contributed by atoms with van der Waals surface area (Å²) in [6, 6.07) is 7.38. The third kappa shape index (κ3) is 4.26. The Kier molecular flexibility index (Phi) is 5.09. The summed E-state index contributed by atoms with van der Waals surface area (Å²) in [5, 5.41) is 14.3. The molecule has 0 fully saturated rings. The van der Waals surface area contributed by atoms with E-state index < -0.39 is 11.5 Å². The first-order valence-electron chi connectivity index (χ1n) is 5.36. The minimum Gasteiger partial charge on any atom is -0.480 e. The molecular formula is C12H15IN2O3. The quantitative estimate of drug-likeness (QED) is 0.697. The molecule has 0 saturated carbocycles. The van der Waals surface area contributed by atoms with Crippen molar-refractivity contribution in [2.75, 3.05) is 11.9 Å². The van der Waals surface area contributed by atoms with E-state index in [1.807, 2.05) is 18.2 Å². The number of carboxylic acid groups (broad SMARTS) is 1. The summed E-state index contributed by atoms with van der Waals surface area (Å²) in [7, 11) is 0. The lowest BCUT2D eigenvalue weighted by Crippen LogP contribution is -2.49. The number of benzene rings is 1. The van der Waals surface area contributed by atoms with E-state index in [2.05, 4.69) is 33.2 Å². The van der Waals surface area contributed by atoms with Crippen molar-refractivity contribution in [2.24, 2.45) is 0 Å². The fourth-order valence-corrected chi connectivity index (χ4v) is 1.66. The number of halogens is 1. The van der Waals surface area contributed by atoms with Crippen molar-refractivity contribution in [1.29, 1.82) is 0 Å². The Bertz CT molecular complexity index is 460. The first-order valence-corrected chi connectivity index (χ1v) is 6.43. The number of carbonyl (C=O) groups is 2. The molecule has 18 heavy (non-hydrogen) atoms. The van der Waals surface area contributed by atoms with Crippen LogP contribution in [0.2, 0.25) is 0 Å². The number of amides is 1. The maximum absolute atomic E-state index is 11.7. The van der Waals surface area contributed by atoms with Crippen molar-refractivity contribution in [3.8, 4) is 0 Å². The Morgan fingerprint density at radius 2 is 1.94 bits per heavy atom. The molecule has 5 nitrogen and oxygen atoms in total. The van der Waals surface area contributed by atoms with Crippen LogP contribution in [0.15, 0.2) is 24.3 Å². The third-order valence-electron chi connectivity index (χ3n) is 2.37. The van der Waals surface area contributed by atoms with E-state index in [4.69, 9.17) is 5.11 Å². The van der Waals surface area contributed by atoms with E-state index in [-0.39, 0.29) is 12.5 Å². The van der Waals surface area contributed by atoms with Crippen LogP contribution in [0, 0.1) is 3.57 Å². The van der Waals surface area contributed by atoms with Crippen LogP contribution in [0.25, 0.3) is 0 Å². The molecule has 0 unspecified atom stereocenters. The second kappa shape index (κ2) is 6.14. The second-order valence-corrected chi connectivity index (χ2v) is 5.47. The van der Waals surface area contributed by atoms with Gasteiger partial charge in [0, 0.05) is 3.57 Å². The average molecular weight is 362 g/mol. The van der Waals surface area contributed by atoms with Gasteiger partial charge in [-0.15, -0.1) is 0 Å². The van der Waals surface area contributed by atoms with Crippen LogP contribution in [-0.2, 0) is 9.59 Å². The van der Waals surface area contributed by atoms with Gasteiger partial charge in [-0.3, -0.25) is 14.9 Å². The first-order chi connectivity index (χ1) is 8.33. The minimum atomic E-state index is -1.12. The fourth-order valence-electron chi connectivity index (χ4n) is 1.13. The number of para-hydroxylation sites is 1. The predicted octanol–water partition coefficient (Wildman–Crippen LogP) is 1.68. The van der Waals surface area contributed by atoms with Gasteiger partial charge in [0.15, 0.2) is 0 Å². The zero-order chi connectivity index (χ0) is 13.8. The Labute approximate surface area is 119 Å². The molecule has 98 valence electrons. The van der Waals surface area contributed by atoms with Crippen molar-refractivity contribution in [2.45, 2.75) is 19.4 Å². The molecule has 3 N–H and O–H groups in total. The van der Waals surface area contributed by atoms with Gasteiger partial charge in [-0.1, -0.05) is 12.1 Å². The maximum Gasteiger partial charge on any atom is 0.323 e. The summed E-state index contributed by atoms with van der Waals surface area (Å²) in [4.78, 5) is 22.5.